The van der Waals surface area contributed by atoms with E-state index >= 15 is 0 Å². The Labute approximate surface area is 136 Å². The van der Waals surface area contributed by atoms with Crippen molar-refractivity contribution < 1.29 is 19.1 Å². The van der Waals surface area contributed by atoms with Gasteiger partial charge in [-0.1, -0.05) is 15.9 Å². The van der Waals surface area contributed by atoms with Crippen molar-refractivity contribution >= 4 is 27.9 Å². The molecule has 1 aliphatic heterocycles. The fourth-order valence-electron chi connectivity index (χ4n) is 7.49. The summed E-state index contributed by atoms with van der Waals surface area (Å²) in [5.74, 6) is 3.08. The van der Waals surface area contributed by atoms with Crippen LogP contribution < -0.4 is 0 Å². The zero-order chi connectivity index (χ0) is 15.1. The summed E-state index contributed by atoms with van der Waals surface area (Å²) in [6.45, 7) is 3.22. The predicted octanol–water partition coefficient (Wildman–Crippen LogP) is 2.27. The molecule has 1 heterocycles. The molecule has 6 bridgehead atoms. The Morgan fingerprint density at radius 2 is 1.59 bits per heavy atom. The molecular weight excluding hydrogens is 348 g/mol. The van der Waals surface area contributed by atoms with Crippen LogP contribution >= 0.6 is 15.9 Å². The molecular formula is C17H17BrO4. The molecule has 7 fully saturated rings. The molecule has 4 nitrogen and oxygen atoms in total. The summed E-state index contributed by atoms with van der Waals surface area (Å²) in [6, 6.07) is 0. The lowest BCUT2D eigenvalue weighted by Gasteiger charge is -2.32. The third-order valence-electron chi connectivity index (χ3n) is 7.45. The van der Waals surface area contributed by atoms with Crippen molar-refractivity contribution in [2.45, 2.75) is 30.9 Å². The number of rotatable bonds is 0. The summed E-state index contributed by atoms with van der Waals surface area (Å²) < 4.78 is 10.7. The topological polar surface area (TPSA) is 52.6 Å². The van der Waals surface area contributed by atoms with Crippen LogP contribution in [0.3, 0.4) is 0 Å². The Balaban J connectivity index is 1.54. The molecule has 6 saturated carbocycles. The van der Waals surface area contributed by atoms with E-state index in [4.69, 9.17) is 9.47 Å². The first-order valence-electron chi connectivity index (χ1n) is 8.25. The molecule has 22 heavy (non-hydrogen) atoms. The van der Waals surface area contributed by atoms with Crippen LogP contribution in [0.2, 0.25) is 0 Å². The summed E-state index contributed by atoms with van der Waals surface area (Å²) in [5.41, 5.74) is 1.36. The van der Waals surface area contributed by atoms with Crippen molar-refractivity contribution in [3.05, 3.63) is 11.1 Å². The number of halogens is 1. The highest BCUT2D eigenvalue weighted by Gasteiger charge is 2.82. The maximum Gasteiger partial charge on any atom is 0.348 e. The molecule has 0 aromatic rings. The smallest absolute Gasteiger partial charge is 0.348 e. The van der Waals surface area contributed by atoms with Crippen molar-refractivity contribution in [2.24, 2.45) is 47.3 Å². The van der Waals surface area contributed by atoms with Crippen LogP contribution in [0.1, 0.15) is 20.3 Å². The lowest BCUT2D eigenvalue weighted by Crippen LogP contribution is -2.42. The van der Waals surface area contributed by atoms with Crippen LogP contribution in [-0.2, 0) is 19.1 Å². The molecule has 6 aliphatic carbocycles. The fraction of sp³-hybridized carbons (Fsp3) is 0.765. The number of carbonyl (C=O) groups is 2. The molecule has 7 rings (SSSR count). The van der Waals surface area contributed by atoms with Crippen LogP contribution in [0.15, 0.2) is 11.1 Å². The highest BCUT2D eigenvalue weighted by atomic mass is 79.9. The molecule has 0 aromatic heterocycles. The standard InChI is InChI=1S/C17H17BrO4/c1-17(2)21-15(19)13(16(20)22-17)11-6-4-3-5-7(6)12-10(11)8(4)9(5)14(12)18/h4-10,12,14H,3H2,1-2H3/t4-,5+,6?,7?,8?,9?,10?,12+,14?/m0/s1. The van der Waals surface area contributed by atoms with Crippen LogP contribution in [-0.4, -0.2) is 22.6 Å². The van der Waals surface area contributed by atoms with Gasteiger partial charge in [-0.15, -0.1) is 0 Å². The number of cyclic esters (lactones) is 2. The molecule has 1 saturated heterocycles. The summed E-state index contributed by atoms with van der Waals surface area (Å²) in [6.07, 6.45) is 1.30. The second-order valence-electron chi connectivity index (χ2n) is 8.38. The Bertz CT molecular complexity index is 671. The summed E-state index contributed by atoms with van der Waals surface area (Å²) in [5, 5.41) is 0. The second kappa shape index (κ2) is 3.33. The SMILES string of the molecule is CC1(C)OC(=O)C(=C2C3C4[C@H]5C[C@@H]3C3C5C(Br)[C@H]4C23)C(=O)O1. The van der Waals surface area contributed by atoms with Crippen molar-refractivity contribution in [3.63, 3.8) is 0 Å². The van der Waals surface area contributed by atoms with Gasteiger partial charge in [0, 0.05) is 18.7 Å². The first kappa shape index (κ1) is 12.6. The molecule has 116 valence electrons. The van der Waals surface area contributed by atoms with E-state index in [-0.39, 0.29) is 5.57 Å². The molecule has 9 atom stereocenters. The molecule has 6 unspecified atom stereocenters. The van der Waals surface area contributed by atoms with Gasteiger partial charge in [0.1, 0.15) is 5.57 Å². The number of hydrogen-bond donors (Lipinski definition) is 0. The molecule has 0 N–H and O–H groups in total. The Morgan fingerprint density at radius 1 is 0.955 bits per heavy atom. The number of allylic oxidation sites excluding steroid dienone is 1. The van der Waals surface area contributed by atoms with Crippen molar-refractivity contribution in [3.8, 4) is 0 Å². The number of alkyl halides is 1. The third kappa shape index (κ3) is 1.06. The highest BCUT2D eigenvalue weighted by molar-refractivity contribution is 9.09. The van der Waals surface area contributed by atoms with Gasteiger partial charge in [-0.3, -0.25) is 0 Å². The van der Waals surface area contributed by atoms with Crippen molar-refractivity contribution in [1.82, 2.24) is 0 Å². The van der Waals surface area contributed by atoms with E-state index < -0.39 is 17.7 Å². The Kier molecular flexibility index (Phi) is 1.90. The van der Waals surface area contributed by atoms with Crippen LogP contribution in [0, 0.1) is 47.3 Å². The van der Waals surface area contributed by atoms with Crippen LogP contribution in [0.25, 0.3) is 0 Å². The average molecular weight is 365 g/mol. The van der Waals surface area contributed by atoms with Gasteiger partial charge >= 0.3 is 11.9 Å². The first-order chi connectivity index (χ1) is 10.4. The largest absolute Gasteiger partial charge is 0.419 e. The van der Waals surface area contributed by atoms with Gasteiger partial charge in [-0.05, 0) is 59.3 Å². The zero-order valence-electron chi connectivity index (χ0n) is 12.4. The van der Waals surface area contributed by atoms with Gasteiger partial charge in [0.15, 0.2) is 0 Å². The molecule has 7 aliphatic rings. The lowest BCUT2D eigenvalue weighted by atomic mass is 9.71. The molecule has 0 aromatic carbocycles. The van der Waals surface area contributed by atoms with E-state index in [1.807, 2.05) is 0 Å². The van der Waals surface area contributed by atoms with E-state index in [1.54, 1.807) is 13.8 Å². The predicted molar refractivity (Wildman–Crippen MR) is 78.5 cm³/mol. The minimum atomic E-state index is -1.14. The highest BCUT2D eigenvalue weighted by Crippen LogP contribution is 2.85. The quantitative estimate of drug-likeness (QED) is 0.286. The number of ether oxygens (including phenoxy) is 2. The van der Waals surface area contributed by atoms with Crippen molar-refractivity contribution in [2.75, 3.05) is 0 Å². The molecule has 5 heteroatoms. The molecule has 0 radical (unpaired) electrons. The minimum Gasteiger partial charge on any atom is -0.419 e. The Hall–Kier alpha value is -0.840. The van der Waals surface area contributed by atoms with Gasteiger partial charge in [-0.25, -0.2) is 9.59 Å². The first-order valence-corrected chi connectivity index (χ1v) is 9.17. The van der Waals surface area contributed by atoms with E-state index in [2.05, 4.69) is 15.9 Å². The minimum absolute atomic E-state index is 0.247. The third-order valence-corrected chi connectivity index (χ3v) is 8.67. The Morgan fingerprint density at radius 3 is 2.23 bits per heavy atom. The van der Waals surface area contributed by atoms with E-state index in [0.717, 1.165) is 17.4 Å². The van der Waals surface area contributed by atoms with Crippen LogP contribution in [0.4, 0.5) is 0 Å². The van der Waals surface area contributed by atoms with Crippen LogP contribution in [0.5, 0.6) is 0 Å². The lowest BCUT2D eigenvalue weighted by molar-refractivity contribution is -0.222. The fourth-order valence-corrected chi connectivity index (χ4v) is 8.92. The maximum atomic E-state index is 12.5. The molecule has 0 spiro atoms. The number of esters is 2. The zero-order valence-corrected chi connectivity index (χ0v) is 14.0. The van der Waals surface area contributed by atoms with Gasteiger partial charge in [0.25, 0.3) is 5.79 Å². The normalized spacial score (nSPS) is 58.2. The summed E-state index contributed by atoms with van der Waals surface area (Å²) >= 11 is 3.93. The van der Waals surface area contributed by atoms with E-state index in [1.165, 1.54) is 6.42 Å². The van der Waals surface area contributed by atoms with Gasteiger partial charge in [-0.2, -0.15) is 0 Å². The van der Waals surface area contributed by atoms with Crippen molar-refractivity contribution in [1.29, 1.82) is 0 Å². The van der Waals surface area contributed by atoms with Gasteiger partial charge < -0.3 is 9.47 Å². The maximum absolute atomic E-state index is 12.5. The second-order valence-corrected chi connectivity index (χ2v) is 9.44. The van der Waals surface area contributed by atoms with Gasteiger partial charge in [0.2, 0.25) is 0 Å². The summed E-state index contributed by atoms with van der Waals surface area (Å²) in [4.78, 5) is 25.6. The van der Waals surface area contributed by atoms with E-state index in [9.17, 15) is 9.59 Å². The number of carbonyl (C=O) groups excluding carboxylic acids is 2. The van der Waals surface area contributed by atoms with E-state index in [0.29, 0.717) is 40.3 Å². The monoisotopic (exact) mass is 364 g/mol. The van der Waals surface area contributed by atoms with Gasteiger partial charge in [0.05, 0.1) is 0 Å². The summed E-state index contributed by atoms with van der Waals surface area (Å²) in [7, 11) is 0. The average Bonchev–Trinajstić information content (AvgIpc) is 3.10. The number of hydrogen-bond acceptors (Lipinski definition) is 4. The molecule has 0 amide bonds.